The zero-order valence-electron chi connectivity index (χ0n) is 23.5. The van der Waals surface area contributed by atoms with E-state index in [1.807, 2.05) is 74.5 Å². The average Bonchev–Trinajstić information content (AvgIpc) is 2.94. The smallest absolute Gasteiger partial charge is 0.331 e. The van der Waals surface area contributed by atoms with Crippen LogP contribution >= 0.6 is 0 Å². The molecule has 0 fully saturated rings. The molecule has 10 heteroatoms. The SMILES string of the molecule is CC(=O)NCCOC(=O)[C@H](CO)N(CC(C)C)C(=O)N[C@@H](Cc1ccc(-c2cccc3ccccc23)cc1)C(=O)O. The predicted octanol–water partition coefficient (Wildman–Crippen LogP) is 3.21. The number of hydrogen-bond acceptors (Lipinski definition) is 6. The molecule has 0 heterocycles. The average molecular weight is 564 g/mol. The van der Waals surface area contributed by atoms with Gasteiger partial charge in [-0.2, -0.15) is 0 Å². The molecular formula is C31H37N3O7. The number of carbonyl (C=O) groups is 4. The van der Waals surface area contributed by atoms with Crippen molar-refractivity contribution in [1.82, 2.24) is 15.5 Å². The fourth-order valence-electron chi connectivity index (χ4n) is 4.49. The Morgan fingerprint density at radius 3 is 2.27 bits per heavy atom. The minimum Gasteiger partial charge on any atom is -0.480 e. The van der Waals surface area contributed by atoms with Crippen LogP contribution in [0.4, 0.5) is 4.79 Å². The molecule has 0 aliphatic rings. The van der Waals surface area contributed by atoms with Crippen LogP contribution in [0.1, 0.15) is 26.3 Å². The van der Waals surface area contributed by atoms with Gasteiger partial charge >= 0.3 is 18.0 Å². The molecule has 0 saturated carbocycles. The van der Waals surface area contributed by atoms with Gasteiger partial charge in [-0.05, 0) is 33.4 Å². The molecule has 218 valence electrons. The van der Waals surface area contributed by atoms with Crippen LogP contribution < -0.4 is 10.6 Å². The lowest BCUT2D eigenvalue weighted by molar-refractivity contribution is -0.150. The fraction of sp³-hybridized carbons (Fsp3) is 0.355. The van der Waals surface area contributed by atoms with E-state index in [9.17, 15) is 29.4 Å². The van der Waals surface area contributed by atoms with Crippen LogP contribution in [0, 0.1) is 5.92 Å². The van der Waals surface area contributed by atoms with Gasteiger partial charge in [0, 0.05) is 19.9 Å². The van der Waals surface area contributed by atoms with Gasteiger partial charge in [0.05, 0.1) is 13.2 Å². The first-order chi connectivity index (χ1) is 19.6. The number of aliphatic carboxylic acids is 1. The summed E-state index contributed by atoms with van der Waals surface area (Å²) in [7, 11) is 0. The lowest BCUT2D eigenvalue weighted by Gasteiger charge is -2.31. The number of nitrogens with one attached hydrogen (secondary N) is 2. The van der Waals surface area contributed by atoms with Gasteiger partial charge in [0.2, 0.25) is 5.91 Å². The Labute approximate surface area is 239 Å². The second kappa shape index (κ2) is 14.8. The molecule has 0 unspecified atom stereocenters. The summed E-state index contributed by atoms with van der Waals surface area (Å²) in [4.78, 5) is 50.1. The zero-order valence-corrected chi connectivity index (χ0v) is 23.5. The van der Waals surface area contributed by atoms with E-state index >= 15 is 0 Å². The summed E-state index contributed by atoms with van der Waals surface area (Å²) in [6, 6.07) is 18.2. The summed E-state index contributed by atoms with van der Waals surface area (Å²) in [5.41, 5.74) is 2.74. The van der Waals surface area contributed by atoms with Gasteiger partial charge in [0.25, 0.3) is 0 Å². The maximum absolute atomic E-state index is 13.2. The Morgan fingerprint density at radius 1 is 0.951 bits per heavy atom. The summed E-state index contributed by atoms with van der Waals surface area (Å²) in [6.07, 6.45) is 0.0113. The van der Waals surface area contributed by atoms with E-state index in [-0.39, 0.29) is 37.9 Å². The number of nitrogens with zero attached hydrogens (tertiary/aromatic N) is 1. The highest BCUT2D eigenvalue weighted by atomic mass is 16.5. The number of carbonyl (C=O) groups excluding carboxylic acids is 3. The number of fused-ring (bicyclic) bond motifs is 1. The highest BCUT2D eigenvalue weighted by Crippen LogP contribution is 2.28. The number of aliphatic hydroxyl groups is 1. The standard InChI is InChI=1S/C31H37N3O7/c1-20(2)18-34(28(19-35)30(39)41-16-15-32-21(3)36)31(40)33-27(29(37)38)17-22-11-13-24(14-12-22)26-10-6-8-23-7-4-5-9-25(23)26/h4-14,20,27-28,35H,15-19H2,1-3H3,(H,32,36)(H,33,40)(H,37,38)/t27-,28-/m0/s1. The van der Waals surface area contributed by atoms with Gasteiger partial charge in [-0.15, -0.1) is 0 Å². The molecule has 2 atom stereocenters. The van der Waals surface area contributed by atoms with E-state index in [0.717, 1.165) is 26.8 Å². The molecule has 0 bridgehead atoms. The Hall–Kier alpha value is -4.44. The van der Waals surface area contributed by atoms with Crippen LogP contribution in [-0.2, 0) is 25.5 Å². The van der Waals surface area contributed by atoms with Crippen molar-refractivity contribution in [3.63, 3.8) is 0 Å². The van der Waals surface area contributed by atoms with Crippen LogP contribution in [0.25, 0.3) is 21.9 Å². The maximum atomic E-state index is 13.2. The first kappa shape index (κ1) is 31.1. The Balaban J connectivity index is 1.72. The number of benzene rings is 3. The molecule has 0 aliphatic heterocycles. The molecule has 3 aromatic rings. The largest absolute Gasteiger partial charge is 0.480 e. The van der Waals surface area contributed by atoms with Crippen LogP contribution in [0.2, 0.25) is 0 Å². The molecule has 0 aromatic heterocycles. The molecule has 0 aliphatic carbocycles. The topological polar surface area (TPSA) is 145 Å². The third-order valence-corrected chi connectivity index (χ3v) is 6.45. The van der Waals surface area contributed by atoms with Crippen molar-refractivity contribution >= 4 is 34.6 Å². The number of rotatable bonds is 13. The van der Waals surface area contributed by atoms with E-state index < -0.39 is 36.7 Å². The molecule has 0 radical (unpaired) electrons. The van der Waals surface area contributed by atoms with Crippen molar-refractivity contribution in [2.75, 3.05) is 26.3 Å². The Bertz CT molecular complexity index is 1350. The lowest BCUT2D eigenvalue weighted by Crippen LogP contribution is -2.56. The molecule has 0 spiro atoms. The number of aliphatic hydroxyl groups excluding tert-OH is 1. The molecule has 3 aromatic carbocycles. The summed E-state index contributed by atoms with van der Waals surface area (Å²) < 4.78 is 5.13. The normalized spacial score (nSPS) is 12.4. The van der Waals surface area contributed by atoms with Crippen LogP contribution in [0.15, 0.2) is 66.7 Å². The Kier molecular flexibility index (Phi) is 11.2. The van der Waals surface area contributed by atoms with Gasteiger partial charge < -0.3 is 30.5 Å². The molecule has 41 heavy (non-hydrogen) atoms. The first-order valence-corrected chi connectivity index (χ1v) is 13.5. The number of carboxylic acid groups (broad SMARTS) is 1. The van der Waals surface area contributed by atoms with E-state index in [1.54, 1.807) is 0 Å². The van der Waals surface area contributed by atoms with E-state index in [4.69, 9.17) is 4.74 Å². The van der Waals surface area contributed by atoms with Gasteiger partial charge in [-0.1, -0.05) is 80.6 Å². The Morgan fingerprint density at radius 2 is 1.63 bits per heavy atom. The molecule has 4 N–H and O–H groups in total. The second-order valence-electron chi connectivity index (χ2n) is 10.2. The summed E-state index contributed by atoms with van der Waals surface area (Å²) in [6.45, 7) is 4.27. The number of hydrogen-bond donors (Lipinski definition) is 4. The van der Waals surface area contributed by atoms with Gasteiger partial charge in [-0.25, -0.2) is 14.4 Å². The van der Waals surface area contributed by atoms with Crippen LogP contribution in [-0.4, -0.2) is 77.4 Å². The molecule has 3 rings (SSSR count). The molecule has 10 nitrogen and oxygen atoms in total. The van der Waals surface area contributed by atoms with Gasteiger partial charge in [0.15, 0.2) is 6.04 Å². The zero-order chi connectivity index (χ0) is 29.9. The third-order valence-electron chi connectivity index (χ3n) is 6.45. The molecule has 3 amide bonds. The summed E-state index contributed by atoms with van der Waals surface area (Å²) >= 11 is 0. The van der Waals surface area contributed by atoms with E-state index in [1.165, 1.54) is 6.92 Å². The quantitative estimate of drug-likeness (QED) is 0.185. The molecular weight excluding hydrogens is 526 g/mol. The van der Waals surface area contributed by atoms with Crippen molar-refractivity contribution in [3.8, 4) is 11.1 Å². The lowest BCUT2D eigenvalue weighted by atomic mass is 9.96. The number of urea groups is 1. The third kappa shape index (κ3) is 8.77. The maximum Gasteiger partial charge on any atom is 0.331 e. The first-order valence-electron chi connectivity index (χ1n) is 13.5. The number of ether oxygens (including phenoxy) is 1. The van der Waals surface area contributed by atoms with E-state index in [2.05, 4.69) is 16.7 Å². The minimum atomic E-state index is -1.34. The predicted molar refractivity (Wildman–Crippen MR) is 155 cm³/mol. The summed E-state index contributed by atoms with van der Waals surface area (Å²) in [5.74, 6) is -2.47. The highest BCUT2D eigenvalue weighted by Gasteiger charge is 2.33. The highest BCUT2D eigenvalue weighted by molar-refractivity contribution is 5.96. The number of carboxylic acids is 1. The van der Waals surface area contributed by atoms with Crippen LogP contribution in [0.5, 0.6) is 0 Å². The van der Waals surface area contributed by atoms with Crippen LogP contribution in [0.3, 0.4) is 0 Å². The van der Waals surface area contributed by atoms with Crippen molar-refractivity contribution < 1.29 is 34.1 Å². The van der Waals surface area contributed by atoms with Crippen molar-refractivity contribution in [2.24, 2.45) is 5.92 Å². The number of esters is 1. The fourth-order valence-corrected chi connectivity index (χ4v) is 4.49. The van der Waals surface area contributed by atoms with E-state index in [0.29, 0.717) is 5.56 Å². The van der Waals surface area contributed by atoms with Gasteiger partial charge in [0.1, 0.15) is 12.6 Å². The van der Waals surface area contributed by atoms with Crippen molar-refractivity contribution in [3.05, 3.63) is 72.3 Å². The van der Waals surface area contributed by atoms with Crippen molar-refractivity contribution in [2.45, 2.75) is 39.3 Å². The second-order valence-corrected chi connectivity index (χ2v) is 10.2. The van der Waals surface area contributed by atoms with Gasteiger partial charge in [-0.3, -0.25) is 4.79 Å². The van der Waals surface area contributed by atoms with Crippen molar-refractivity contribution in [1.29, 1.82) is 0 Å². The monoisotopic (exact) mass is 563 g/mol. The number of amides is 3. The summed E-state index contributed by atoms with van der Waals surface area (Å²) in [5, 5.41) is 27.0. The molecule has 0 saturated heterocycles. The minimum absolute atomic E-state index is 0.0113.